The van der Waals surface area contributed by atoms with Gasteiger partial charge in [-0.15, -0.1) is 24.0 Å². The van der Waals surface area contributed by atoms with Crippen molar-refractivity contribution >= 4 is 41.8 Å². The number of aliphatic imine (C=N–C) groups is 1. The summed E-state index contributed by atoms with van der Waals surface area (Å²) in [5, 5.41) is 17.2. The Kier molecular flexibility index (Phi) is 11.0. The number of amides is 2. The number of ether oxygens (including phenoxy) is 1. The normalized spacial score (nSPS) is 18.5. The molecule has 9 nitrogen and oxygen atoms in total. The molecule has 3 N–H and O–H groups in total. The van der Waals surface area contributed by atoms with Gasteiger partial charge in [-0.1, -0.05) is 12.1 Å². The summed E-state index contributed by atoms with van der Waals surface area (Å²) in [7, 11) is 0. The van der Waals surface area contributed by atoms with Gasteiger partial charge in [0.1, 0.15) is 0 Å². The first-order valence-corrected chi connectivity index (χ1v) is 11.4. The van der Waals surface area contributed by atoms with E-state index in [0.29, 0.717) is 62.9 Å². The number of imide groups is 1. The summed E-state index contributed by atoms with van der Waals surface area (Å²) in [6, 6.07) is 6.95. The van der Waals surface area contributed by atoms with Gasteiger partial charge in [0.15, 0.2) is 5.96 Å². The fraction of sp³-hybridized carbons (Fsp3) is 0.609. The van der Waals surface area contributed by atoms with Crippen molar-refractivity contribution in [2.24, 2.45) is 4.99 Å². The molecule has 1 aromatic carbocycles. The second kappa shape index (κ2) is 13.2. The molecule has 2 amide bonds. The highest BCUT2D eigenvalue weighted by Crippen LogP contribution is 2.22. The lowest BCUT2D eigenvalue weighted by atomic mass is 10.1. The van der Waals surface area contributed by atoms with E-state index >= 15 is 0 Å². The second-order valence-electron chi connectivity index (χ2n) is 8.52. The van der Waals surface area contributed by atoms with Crippen LogP contribution in [0.5, 0.6) is 0 Å². The van der Waals surface area contributed by atoms with Crippen LogP contribution in [-0.4, -0.2) is 97.3 Å². The minimum absolute atomic E-state index is 0. The van der Waals surface area contributed by atoms with Gasteiger partial charge in [0, 0.05) is 39.3 Å². The van der Waals surface area contributed by atoms with Crippen LogP contribution in [0.15, 0.2) is 29.3 Å². The Morgan fingerprint density at radius 3 is 2.36 bits per heavy atom. The average Bonchev–Trinajstić information content (AvgIpc) is 3.02. The van der Waals surface area contributed by atoms with Crippen LogP contribution in [0.4, 0.5) is 0 Å². The Bertz CT molecular complexity index is 792. The summed E-state index contributed by atoms with van der Waals surface area (Å²) in [6.45, 7) is 9.45. The molecule has 2 aliphatic heterocycles. The number of halogens is 1. The van der Waals surface area contributed by atoms with E-state index in [2.05, 4.69) is 20.5 Å². The van der Waals surface area contributed by atoms with Crippen LogP contribution >= 0.6 is 24.0 Å². The topological polar surface area (TPSA) is 106 Å². The Morgan fingerprint density at radius 1 is 1.12 bits per heavy atom. The molecule has 1 aromatic rings. The van der Waals surface area contributed by atoms with E-state index in [4.69, 9.17) is 4.74 Å². The number of rotatable bonds is 10. The molecule has 0 spiro atoms. The van der Waals surface area contributed by atoms with E-state index in [-0.39, 0.29) is 42.3 Å². The van der Waals surface area contributed by atoms with Crippen molar-refractivity contribution in [2.75, 3.05) is 59.0 Å². The lowest BCUT2D eigenvalue weighted by Gasteiger charge is -2.33. The lowest BCUT2D eigenvalue weighted by molar-refractivity contribution is -0.0180. The molecule has 184 valence electrons. The summed E-state index contributed by atoms with van der Waals surface area (Å²) in [4.78, 5) is 32.9. The van der Waals surface area contributed by atoms with E-state index < -0.39 is 5.60 Å². The van der Waals surface area contributed by atoms with Crippen molar-refractivity contribution in [2.45, 2.75) is 32.3 Å². The number of hydrogen-bond donors (Lipinski definition) is 3. The molecular weight excluding hydrogens is 537 g/mol. The Morgan fingerprint density at radius 2 is 1.76 bits per heavy atom. The summed E-state index contributed by atoms with van der Waals surface area (Å²) >= 11 is 0. The van der Waals surface area contributed by atoms with Crippen molar-refractivity contribution in [3.05, 3.63) is 35.4 Å². The van der Waals surface area contributed by atoms with E-state index in [1.54, 1.807) is 31.2 Å². The summed E-state index contributed by atoms with van der Waals surface area (Å²) < 4.78 is 5.36. The predicted octanol–water partition coefficient (Wildman–Crippen LogP) is 1.32. The third-order valence-electron chi connectivity index (χ3n) is 5.57. The van der Waals surface area contributed by atoms with Gasteiger partial charge >= 0.3 is 0 Å². The SMILES string of the molecule is CCNC(=NCC(C)(O)CN1CCOCC1)NCCCCN1C(=O)c2ccccc2C1=O.I. The van der Waals surface area contributed by atoms with E-state index in [1.165, 1.54) is 4.90 Å². The van der Waals surface area contributed by atoms with Crippen molar-refractivity contribution in [3.63, 3.8) is 0 Å². The average molecular weight is 573 g/mol. The number of nitrogens with one attached hydrogen (secondary N) is 2. The molecule has 0 aliphatic carbocycles. The number of unbranched alkanes of at least 4 members (excludes halogenated alkanes) is 1. The number of guanidine groups is 1. The Balaban J connectivity index is 0.00000385. The Labute approximate surface area is 213 Å². The maximum atomic E-state index is 12.4. The molecule has 0 aromatic heterocycles. The number of hydrogen-bond acceptors (Lipinski definition) is 6. The number of morpholine rings is 1. The van der Waals surface area contributed by atoms with Gasteiger partial charge in [-0.3, -0.25) is 24.4 Å². The zero-order valence-electron chi connectivity index (χ0n) is 19.5. The maximum Gasteiger partial charge on any atom is 0.261 e. The maximum absolute atomic E-state index is 12.4. The minimum Gasteiger partial charge on any atom is -0.387 e. The lowest BCUT2D eigenvalue weighted by Crippen LogP contribution is -2.48. The zero-order chi connectivity index (χ0) is 23.0. The number of fused-ring (bicyclic) bond motifs is 1. The van der Waals surface area contributed by atoms with Gasteiger partial charge in [-0.2, -0.15) is 0 Å². The van der Waals surface area contributed by atoms with Gasteiger partial charge in [-0.25, -0.2) is 0 Å². The molecule has 1 fully saturated rings. The Hall–Kier alpha value is -1.76. The largest absolute Gasteiger partial charge is 0.387 e. The quantitative estimate of drug-likeness (QED) is 0.128. The van der Waals surface area contributed by atoms with Crippen LogP contribution in [0, 0.1) is 0 Å². The standard InChI is InChI=1S/C23H35N5O4.HI/c1-3-24-22(26-16-23(2,31)17-27-12-14-32-15-13-27)25-10-6-7-11-28-20(29)18-8-4-5-9-19(18)21(28)30;/h4-5,8-9,31H,3,6-7,10-17H2,1-2H3,(H2,24,25,26);1H. The highest BCUT2D eigenvalue weighted by Gasteiger charge is 2.34. The molecule has 1 saturated heterocycles. The molecule has 2 aliphatic rings. The number of β-amino-alcohol motifs (C(OH)–C–C–N with tert-alkyl or cyclic N) is 1. The summed E-state index contributed by atoms with van der Waals surface area (Å²) in [5.41, 5.74) is 0.0492. The number of benzene rings is 1. The van der Waals surface area contributed by atoms with Crippen LogP contribution < -0.4 is 10.6 Å². The second-order valence-corrected chi connectivity index (χ2v) is 8.52. The molecule has 0 radical (unpaired) electrons. The highest BCUT2D eigenvalue weighted by molar-refractivity contribution is 14.0. The smallest absolute Gasteiger partial charge is 0.261 e. The third kappa shape index (κ3) is 7.90. The van der Waals surface area contributed by atoms with Crippen molar-refractivity contribution in [1.82, 2.24) is 20.4 Å². The van der Waals surface area contributed by atoms with Crippen molar-refractivity contribution in [3.8, 4) is 0 Å². The van der Waals surface area contributed by atoms with Crippen LogP contribution in [0.3, 0.4) is 0 Å². The molecule has 33 heavy (non-hydrogen) atoms. The molecule has 2 heterocycles. The van der Waals surface area contributed by atoms with Crippen LogP contribution in [0.1, 0.15) is 47.4 Å². The van der Waals surface area contributed by atoms with Gasteiger partial charge in [0.05, 0.1) is 36.5 Å². The minimum atomic E-state index is -0.925. The molecular formula is C23H36IN5O4. The first kappa shape index (κ1) is 27.5. The molecule has 10 heteroatoms. The van der Waals surface area contributed by atoms with Crippen molar-refractivity contribution < 1.29 is 19.4 Å². The van der Waals surface area contributed by atoms with E-state index in [1.807, 2.05) is 6.92 Å². The van der Waals surface area contributed by atoms with Crippen LogP contribution in [-0.2, 0) is 4.74 Å². The molecule has 0 saturated carbocycles. The first-order valence-electron chi connectivity index (χ1n) is 11.4. The molecule has 1 unspecified atom stereocenters. The third-order valence-corrected chi connectivity index (χ3v) is 5.57. The van der Waals surface area contributed by atoms with E-state index in [0.717, 1.165) is 19.5 Å². The molecule has 1 atom stereocenters. The van der Waals surface area contributed by atoms with Crippen molar-refractivity contribution in [1.29, 1.82) is 0 Å². The predicted molar refractivity (Wildman–Crippen MR) is 138 cm³/mol. The monoisotopic (exact) mass is 573 g/mol. The van der Waals surface area contributed by atoms with Crippen LogP contribution in [0.2, 0.25) is 0 Å². The number of carbonyl (C=O) groups excluding carboxylic acids is 2. The van der Waals surface area contributed by atoms with Gasteiger partial charge < -0.3 is 20.5 Å². The fourth-order valence-electron chi connectivity index (χ4n) is 3.93. The number of carbonyl (C=O) groups is 2. The number of aliphatic hydroxyl groups is 1. The molecule has 0 bridgehead atoms. The first-order chi connectivity index (χ1) is 15.4. The van der Waals surface area contributed by atoms with Gasteiger partial charge in [0.25, 0.3) is 11.8 Å². The number of nitrogens with zero attached hydrogens (tertiary/aromatic N) is 3. The van der Waals surface area contributed by atoms with E-state index in [9.17, 15) is 14.7 Å². The fourth-order valence-corrected chi connectivity index (χ4v) is 3.93. The van der Waals surface area contributed by atoms with Gasteiger partial charge in [-0.05, 0) is 38.8 Å². The highest BCUT2D eigenvalue weighted by atomic mass is 127. The zero-order valence-corrected chi connectivity index (χ0v) is 21.8. The summed E-state index contributed by atoms with van der Waals surface area (Å²) in [5.74, 6) is 0.224. The van der Waals surface area contributed by atoms with Gasteiger partial charge in [0.2, 0.25) is 0 Å². The summed E-state index contributed by atoms with van der Waals surface area (Å²) in [6.07, 6.45) is 1.48. The molecule has 3 rings (SSSR count). The van der Waals surface area contributed by atoms with Crippen LogP contribution in [0.25, 0.3) is 0 Å².